The van der Waals surface area contributed by atoms with Crippen molar-refractivity contribution in [2.24, 2.45) is 28.9 Å². The molecule has 0 rings (SSSR count). The first kappa shape index (κ1) is 43.6. The van der Waals surface area contributed by atoms with Crippen molar-refractivity contribution in [1.82, 2.24) is 42.5 Å². The number of hydrogen-bond acceptors (Lipinski definition) is 10. The number of aliphatic carboxylic acids is 1. The molecule has 0 heterocycles. The van der Waals surface area contributed by atoms with Gasteiger partial charge in [-0.1, -0.05) is 13.8 Å². The molecule has 49 heavy (non-hydrogen) atoms. The Bertz CT molecular complexity index is 1170. The van der Waals surface area contributed by atoms with Crippen LogP contribution in [0.15, 0.2) is 0 Å². The molecule has 0 aliphatic heterocycles. The highest BCUT2D eigenvalue weighted by Gasteiger charge is 2.30. The van der Waals surface area contributed by atoms with E-state index >= 15 is 0 Å². The maximum Gasteiger partial charge on any atom is 0.326 e. The van der Waals surface area contributed by atoms with Gasteiger partial charge in [0, 0.05) is 19.6 Å². The molecule has 0 unspecified atom stereocenters. The molecule has 0 bridgehead atoms. The highest BCUT2D eigenvalue weighted by molar-refractivity contribution is 5.95. The van der Waals surface area contributed by atoms with Crippen molar-refractivity contribution in [3.8, 4) is 0 Å². The number of carbonyl (C=O) groups is 6. The number of carboxylic acid groups (broad SMARTS) is 1. The Morgan fingerprint density at radius 3 is 1.43 bits per heavy atom. The summed E-state index contributed by atoms with van der Waals surface area (Å²) in [5.74, 6) is -6.23. The molecule has 5 amide bonds. The van der Waals surface area contributed by atoms with Gasteiger partial charge in [-0.25, -0.2) is 4.79 Å². The Kier molecular flexibility index (Phi) is 21.2. The third-order valence-electron chi connectivity index (χ3n) is 6.73. The molecule has 0 spiro atoms. The lowest BCUT2D eigenvalue weighted by Gasteiger charge is -2.25. The molecule has 0 aliphatic rings. The van der Waals surface area contributed by atoms with E-state index in [1.807, 2.05) is 0 Å². The van der Waals surface area contributed by atoms with Crippen molar-refractivity contribution in [2.75, 3.05) is 32.7 Å². The Morgan fingerprint density at radius 2 is 1.02 bits per heavy atom. The fourth-order valence-electron chi connectivity index (χ4n) is 4.22. The van der Waals surface area contributed by atoms with E-state index < -0.39 is 78.7 Å². The zero-order chi connectivity index (χ0) is 37.5. The highest BCUT2D eigenvalue weighted by Crippen LogP contribution is 2.06. The quantitative estimate of drug-likeness (QED) is 0.0254. The van der Waals surface area contributed by atoms with Gasteiger partial charge in [0.25, 0.3) is 0 Å². The minimum atomic E-state index is -1.29. The molecule has 0 saturated carbocycles. The minimum absolute atomic E-state index is 0.0251. The number of carboxylic acids is 1. The zero-order valence-corrected chi connectivity index (χ0v) is 27.9. The van der Waals surface area contributed by atoms with E-state index in [1.54, 1.807) is 13.8 Å². The summed E-state index contributed by atoms with van der Waals surface area (Å²) in [6.45, 7) is 2.91. The Morgan fingerprint density at radius 1 is 0.592 bits per heavy atom. The predicted octanol–water partition coefficient (Wildman–Crippen LogP) is -5.47. The molecule has 0 aliphatic carbocycles. The lowest BCUT2D eigenvalue weighted by Crippen LogP contribution is -2.57. The smallest absolute Gasteiger partial charge is 0.326 e. The van der Waals surface area contributed by atoms with Crippen molar-refractivity contribution in [3.63, 3.8) is 0 Å². The third kappa shape index (κ3) is 20.4. The summed E-state index contributed by atoms with van der Waals surface area (Å²) in [5, 5.41) is 51.2. The van der Waals surface area contributed by atoms with Gasteiger partial charge in [-0.05, 0) is 44.4 Å². The number of nitrogens with one attached hydrogen (secondary N) is 11. The third-order valence-corrected chi connectivity index (χ3v) is 6.73. The topological polar surface area (TPSA) is 395 Å². The molecule has 22 heteroatoms. The zero-order valence-electron chi connectivity index (χ0n) is 27.9. The molecule has 0 radical (unpaired) electrons. The second-order valence-electron chi connectivity index (χ2n) is 11.2. The van der Waals surface area contributed by atoms with Gasteiger partial charge in [0.15, 0.2) is 17.9 Å². The monoisotopic (exact) mass is 699 g/mol. The van der Waals surface area contributed by atoms with Gasteiger partial charge < -0.3 is 70.6 Å². The van der Waals surface area contributed by atoms with Gasteiger partial charge >= 0.3 is 5.97 Å². The number of amides is 5. The number of carbonyl (C=O) groups excluding carboxylic acids is 5. The fourth-order valence-corrected chi connectivity index (χ4v) is 4.22. The second-order valence-corrected chi connectivity index (χ2v) is 11.2. The van der Waals surface area contributed by atoms with Crippen LogP contribution in [0.25, 0.3) is 0 Å². The molecule has 278 valence electrons. The van der Waals surface area contributed by atoms with E-state index in [0.29, 0.717) is 6.42 Å². The summed E-state index contributed by atoms with van der Waals surface area (Å²) in [7, 11) is 0. The van der Waals surface area contributed by atoms with Crippen LogP contribution in [-0.2, 0) is 28.8 Å². The first-order valence-electron chi connectivity index (χ1n) is 15.6. The summed E-state index contributed by atoms with van der Waals surface area (Å²) in [6, 6.07) is -4.72. The van der Waals surface area contributed by atoms with E-state index in [1.165, 1.54) is 0 Å². The average molecular weight is 700 g/mol. The largest absolute Gasteiger partial charge is 0.480 e. The van der Waals surface area contributed by atoms with E-state index in [2.05, 4.69) is 42.5 Å². The Labute approximate surface area is 284 Å². The van der Waals surface area contributed by atoms with E-state index in [4.69, 9.17) is 39.2 Å². The van der Waals surface area contributed by atoms with Crippen LogP contribution >= 0.6 is 0 Å². The molecule has 0 fully saturated rings. The molecular formula is C27H53N15O7. The van der Waals surface area contributed by atoms with Gasteiger partial charge in [0.05, 0.1) is 13.1 Å². The van der Waals surface area contributed by atoms with Crippen LogP contribution in [0.3, 0.4) is 0 Å². The molecule has 20 N–H and O–H groups in total. The normalized spacial score (nSPS) is 13.0. The highest BCUT2D eigenvalue weighted by atomic mass is 16.4. The van der Waals surface area contributed by atoms with Crippen LogP contribution in [0.5, 0.6) is 0 Å². The SMILES string of the molecule is CC(C)[C@H](NC(=O)CNC(=O)[C@H](CCCNC(=N)N)NC(=O)[C@H](CCCNC(=N)N)NC(=O)CN)C(=O)N[C@@H](CCCNC(=N)N)C(=O)O. The van der Waals surface area contributed by atoms with Crippen molar-refractivity contribution in [3.05, 3.63) is 0 Å². The van der Waals surface area contributed by atoms with Crippen molar-refractivity contribution >= 4 is 53.4 Å². The first-order chi connectivity index (χ1) is 23.0. The van der Waals surface area contributed by atoms with Crippen molar-refractivity contribution in [1.29, 1.82) is 16.2 Å². The molecule has 0 aromatic carbocycles. The van der Waals surface area contributed by atoms with Gasteiger partial charge in [0.2, 0.25) is 29.5 Å². The molecular weight excluding hydrogens is 646 g/mol. The Hall–Kier alpha value is -5.41. The van der Waals surface area contributed by atoms with Crippen LogP contribution in [0, 0.1) is 22.1 Å². The van der Waals surface area contributed by atoms with Gasteiger partial charge in [-0.3, -0.25) is 40.2 Å². The molecule has 0 saturated heterocycles. The fraction of sp³-hybridized carbons (Fsp3) is 0.667. The number of hydrogen-bond donors (Lipinski definition) is 16. The summed E-state index contributed by atoms with van der Waals surface area (Å²) in [5.41, 5.74) is 21.2. The summed E-state index contributed by atoms with van der Waals surface area (Å²) < 4.78 is 0. The van der Waals surface area contributed by atoms with Crippen molar-refractivity contribution < 1.29 is 33.9 Å². The van der Waals surface area contributed by atoms with Crippen LogP contribution in [0.1, 0.15) is 52.4 Å². The summed E-state index contributed by atoms with van der Waals surface area (Å²) >= 11 is 0. The molecule has 22 nitrogen and oxygen atoms in total. The lowest BCUT2D eigenvalue weighted by molar-refractivity contribution is -0.142. The number of guanidine groups is 3. The van der Waals surface area contributed by atoms with Gasteiger partial charge in [-0.2, -0.15) is 0 Å². The van der Waals surface area contributed by atoms with Gasteiger partial charge in [-0.15, -0.1) is 0 Å². The summed E-state index contributed by atoms with van der Waals surface area (Å²) in [4.78, 5) is 75.8. The predicted molar refractivity (Wildman–Crippen MR) is 180 cm³/mol. The lowest BCUT2D eigenvalue weighted by atomic mass is 10.0. The number of nitrogens with two attached hydrogens (primary N) is 4. The van der Waals surface area contributed by atoms with Crippen LogP contribution in [0.2, 0.25) is 0 Å². The van der Waals surface area contributed by atoms with E-state index in [0.717, 1.165) is 0 Å². The Balaban J connectivity index is 5.53. The maximum absolute atomic E-state index is 13.2. The van der Waals surface area contributed by atoms with E-state index in [9.17, 15) is 33.9 Å². The summed E-state index contributed by atoms with van der Waals surface area (Å²) in [6.07, 6.45) is 1.03. The van der Waals surface area contributed by atoms with Crippen molar-refractivity contribution in [2.45, 2.75) is 76.5 Å². The molecule has 4 atom stereocenters. The second kappa shape index (κ2) is 23.8. The van der Waals surface area contributed by atoms with Crippen LogP contribution in [0.4, 0.5) is 0 Å². The average Bonchev–Trinajstić information content (AvgIpc) is 3.01. The maximum atomic E-state index is 13.2. The van der Waals surface area contributed by atoms with E-state index in [-0.39, 0.29) is 69.6 Å². The first-order valence-corrected chi connectivity index (χ1v) is 15.6. The molecule has 0 aromatic heterocycles. The van der Waals surface area contributed by atoms with Gasteiger partial charge in [0.1, 0.15) is 24.2 Å². The van der Waals surface area contributed by atoms with Crippen LogP contribution < -0.4 is 65.5 Å². The van der Waals surface area contributed by atoms with Crippen LogP contribution in [-0.4, -0.2) is 115 Å². The molecule has 0 aromatic rings. The number of rotatable bonds is 24. The standard InChI is InChI=1S/C27H53N15O7/c1-14(2)20(23(47)41-17(24(48)49)8-5-11-37-27(33)34)42-19(44)13-38-21(45)15(6-3-9-35-25(29)30)40-22(46)16(39-18(43)12-28)7-4-10-36-26(31)32/h14-17,20H,3-13,28H2,1-2H3,(H,38,45)(H,39,43)(H,40,46)(H,41,47)(H,42,44)(H,48,49)(H4,29,30,35)(H4,31,32,36)(H4,33,34,37)/t15-,16-,17-,20-/m0/s1. The minimum Gasteiger partial charge on any atom is -0.480 e.